The van der Waals surface area contributed by atoms with Crippen molar-refractivity contribution in [1.82, 2.24) is 20.9 Å². The summed E-state index contributed by atoms with van der Waals surface area (Å²) in [6, 6.07) is -2.64. The number of rotatable bonds is 11. The second-order valence-corrected chi connectivity index (χ2v) is 8.17. The highest BCUT2D eigenvalue weighted by Crippen LogP contribution is 2.21. The van der Waals surface area contributed by atoms with Crippen LogP contribution in [0.4, 0.5) is 0 Å². The van der Waals surface area contributed by atoms with Crippen LogP contribution in [0.3, 0.4) is 0 Å². The SMILES string of the molecule is CCC(C)C(NC(=O)CNC(=O)C(NC(=O)CN)C(C)C)C(=O)N1CCCC1C(=O)O. The fraction of sp³-hybridized carbons (Fsp3) is 0.750. The molecule has 31 heavy (non-hydrogen) atoms. The lowest BCUT2D eigenvalue weighted by molar-refractivity contribution is -0.150. The van der Waals surface area contributed by atoms with E-state index in [1.54, 1.807) is 20.8 Å². The molecule has 6 N–H and O–H groups in total. The molecule has 1 saturated heterocycles. The van der Waals surface area contributed by atoms with E-state index in [9.17, 15) is 29.1 Å². The second kappa shape index (κ2) is 12.2. The third-order valence-electron chi connectivity index (χ3n) is 5.49. The van der Waals surface area contributed by atoms with Gasteiger partial charge < -0.3 is 31.7 Å². The van der Waals surface area contributed by atoms with Crippen LogP contribution in [-0.4, -0.2) is 77.4 Å². The van der Waals surface area contributed by atoms with Gasteiger partial charge in [0.15, 0.2) is 0 Å². The minimum atomic E-state index is -1.06. The predicted octanol–water partition coefficient (Wildman–Crippen LogP) is -1.19. The lowest BCUT2D eigenvalue weighted by atomic mass is 9.97. The summed E-state index contributed by atoms with van der Waals surface area (Å²) in [4.78, 5) is 62.1. The highest BCUT2D eigenvalue weighted by Gasteiger charge is 2.39. The first kappa shape index (κ1) is 26.3. The van der Waals surface area contributed by atoms with Crippen molar-refractivity contribution in [2.75, 3.05) is 19.6 Å². The maximum absolute atomic E-state index is 13.0. The lowest BCUT2D eigenvalue weighted by Gasteiger charge is -2.30. The average molecular weight is 442 g/mol. The number of carbonyl (C=O) groups excluding carboxylic acids is 4. The van der Waals surface area contributed by atoms with Crippen LogP contribution in [-0.2, 0) is 24.0 Å². The summed E-state index contributed by atoms with van der Waals surface area (Å²) in [6.07, 6.45) is 1.56. The van der Waals surface area contributed by atoms with E-state index in [1.165, 1.54) is 4.90 Å². The molecule has 0 radical (unpaired) electrons. The van der Waals surface area contributed by atoms with Crippen molar-refractivity contribution in [3.8, 4) is 0 Å². The normalized spacial score (nSPS) is 18.8. The van der Waals surface area contributed by atoms with Gasteiger partial charge in [-0.05, 0) is 24.7 Å². The zero-order valence-electron chi connectivity index (χ0n) is 18.6. The van der Waals surface area contributed by atoms with Crippen molar-refractivity contribution < 1.29 is 29.1 Å². The molecule has 176 valence electrons. The maximum atomic E-state index is 13.0. The number of carbonyl (C=O) groups is 5. The van der Waals surface area contributed by atoms with E-state index in [4.69, 9.17) is 5.73 Å². The van der Waals surface area contributed by atoms with E-state index < -0.39 is 47.7 Å². The predicted molar refractivity (Wildman–Crippen MR) is 113 cm³/mol. The largest absolute Gasteiger partial charge is 0.480 e. The lowest BCUT2D eigenvalue weighted by Crippen LogP contribution is -2.56. The molecule has 4 unspecified atom stereocenters. The summed E-state index contributed by atoms with van der Waals surface area (Å²) in [5, 5.41) is 17.0. The number of hydrogen-bond donors (Lipinski definition) is 5. The second-order valence-electron chi connectivity index (χ2n) is 8.17. The van der Waals surface area contributed by atoms with Gasteiger partial charge in [-0.1, -0.05) is 34.1 Å². The molecule has 0 aliphatic carbocycles. The first-order valence-electron chi connectivity index (χ1n) is 10.6. The molecule has 1 aliphatic heterocycles. The van der Waals surface area contributed by atoms with Gasteiger partial charge in [-0.3, -0.25) is 19.2 Å². The van der Waals surface area contributed by atoms with Gasteiger partial charge in [0.1, 0.15) is 18.1 Å². The number of nitrogens with one attached hydrogen (secondary N) is 3. The number of nitrogens with two attached hydrogens (primary N) is 1. The topological polar surface area (TPSA) is 171 Å². The third kappa shape index (κ3) is 7.50. The summed E-state index contributed by atoms with van der Waals surface area (Å²) in [6.45, 7) is 6.83. The van der Waals surface area contributed by atoms with Crippen LogP contribution in [0.25, 0.3) is 0 Å². The van der Waals surface area contributed by atoms with E-state index in [1.807, 2.05) is 6.92 Å². The number of nitrogens with zero attached hydrogens (tertiary/aromatic N) is 1. The van der Waals surface area contributed by atoms with Crippen molar-refractivity contribution >= 4 is 29.6 Å². The number of aliphatic carboxylic acids is 1. The zero-order chi connectivity index (χ0) is 23.7. The smallest absolute Gasteiger partial charge is 0.326 e. The maximum Gasteiger partial charge on any atom is 0.326 e. The van der Waals surface area contributed by atoms with Crippen molar-refractivity contribution in [1.29, 1.82) is 0 Å². The number of carboxylic acids is 1. The summed E-state index contributed by atoms with van der Waals surface area (Å²) >= 11 is 0. The molecule has 0 saturated carbocycles. The van der Waals surface area contributed by atoms with E-state index in [0.29, 0.717) is 25.8 Å². The Labute approximate surface area is 182 Å². The average Bonchev–Trinajstić information content (AvgIpc) is 3.22. The van der Waals surface area contributed by atoms with E-state index in [0.717, 1.165) is 0 Å². The van der Waals surface area contributed by atoms with Crippen LogP contribution < -0.4 is 21.7 Å². The van der Waals surface area contributed by atoms with Gasteiger partial charge in [0, 0.05) is 6.54 Å². The Morgan fingerprint density at radius 3 is 2.19 bits per heavy atom. The summed E-state index contributed by atoms with van der Waals surface area (Å²) in [5.41, 5.74) is 5.27. The Morgan fingerprint density at radius 2 is 1.68 bits per heavy atom. The number of amides is 4. The molecule has 1 heterocycles. The molecule has 11 heteroatoms. The molecule has 0 aromatic heterocycles. The van der Waals surface area contributed by atoms with Gasteiger partial charge in [0.05, 0.1) is 13.1 Å². The molecule has 0 aromatic carbocycles. The van der Waals surface area contributed by atoms with Gasteiger partial charge >= 0.3 is 5.97 Å². The Hall–Kier alpha value is -2.69. The monoisotopic (exact) mass is 441 g/mol. The molecule has 0 bridgehead atoms. The minimum Gasteiger partial charge on any atom is -0.480 e. The Morgan fingerprint density at radius 1 is 1.06 bits per heavy atom. The van der Waals surface area contributed by atoms with Crippen LogP contribution in [0.5, 0.6) is 0 Å². The van der Waals surface area contributed by atoms with E-state index >= 15 is 0 Å². The highest BCUT2D eigenvalue weighted by molar-refractivity contribution is 5.94. The fourth-order valence-electron chi connectivity index (χ4n) is 3.42. The molecular weight excluding hydrogens is 406 g/mol. The van der Waals surface area contributed by atoms with Crippen LogP contribution in [0, 0.1) is 11.8 Å². The van der Waals surface area contributed by atoms with Gasteiger partial charge in [-0.15, -0.1) is 0 Å². The number of likely N-dealkylation sites (tertiary alicyclic amines) is 1. The van der Waals surface area contributed by atoms with E-state index in [2.05, 4.69) is 16.0 Å². The molecule has 1 fully saturated rings. The van der Waals surface area contributed by atoms with Crippen molar-refractivity contribution in [2.45, 2.75) is 65.1 Å². The molecule has 11 nitrogen and oxygen atoms in total. The van der Waals surface area contributed by atoms with Crippen molar-refractivity contribution in [3.05, 3.63) is 0 Å². The van der Waals surface area contributed by atoms with Crippen molar-refractivity contribution in [2.24, 2.45) is 17.6 Å². The minimum absolute atomic E-state index is 0.226. The summed E-state index contributed by atoms with van der Waals surface area (Å²) < 4.78 is 0. The van der Waals surface area contributed by atoms with Gasteiger partial charge in [-0.25, -0.2) is 4.79 Å². The Kier molecular flexibility index (Phi) is 10.4. The number of carboxylic acid groups (broad SMARTS) is 1. The van der Waals surface area contributed by atoms with Crippen LogP contribution in [0.2, 0.25) is 0 Å². The Balaban J connectivity index is 2.77. The van der Waals surface area contributed by atoms with Crippen molar-refractivity contribution in [3.63, 3.8) is 0 Å². The quantitative estimate of drug-likeness (QED) is 0.268. The first-order chi connectivity index (χ1) is 14.5. The number of hydrogen-bond acceptors (Lipinski definition) is 6. The van der Waals surface area contributed by atoms with Crippen LogP contribution >= 0.6 is 0 Å². The fourth-order valence-corrected chi connectivity index (χ4v) is 3.42. The Bertz CT molecular complexity index is 683. The molecule has 4 atom stereocenters. The molecular formula is C20H35N5O6. The van der Waals surface area contributed by atoms with Crippen LogP contribution in [0.1, 0.15) is 47.0 Å². The standard InChI is InChI=1S/C20H35N5O6/c1-5-12(4)17(19(29)25-8-6-7-13(25)20(30)31)24-15(27)10-22-18(28)16(11(2)3)23-14(26)9-21/h11-13,16-17H,5-10,21H2,1-4H3,(H,22,28)(H,23,26)(H,24,27)(H,30,31). The first-order valence-corrected chi connectivity index (χ1v) is 10.6. The highest BCUT2D eigenvalue weighted by atomic mass is 16.4. The third-order valence-corrected chi connectivity index (χ3v) is 5.49. The van der Waals surface area contributed by atoms with Gasteiger partial charge in [0.25, 0.3) is 0 Å². The molecule has 4 amide bonds. The molecule has 0 aromatic rings. The van der Waals surface area contributed by atoms with Crippen LogP contribution in [0.15, 0.2) is 0 Å². The molecule has 1 aliphatic rings. The molecule has 1 rings (SSSR count). The van der Waals surface area contributed by atoms with Gasteiger partial charge in [0.2, 0.25) is 23.6 Å². The molecule has 0 spiro atoms. The zero-order valence-corrected chi connectivity index (χ0v) is 18.6. The summed E-state index contributed by atoms with van der Waals surface area (Å²) in [5.74, 6) is -3.56. The van der Waals surface area contributed by atoms with E-state index in [-0.39, 0.29) is 24.9 Å². The van der Waals surface area contributed by atoms with Gasteiger partial charge in [-0.2, -0.15) is 0 Å². The summed E-state index contributed by atoms with van der Waals surface area (Å²) in [7, 11) is 0.